The summed E-state index contributed by atoms with van der Waals surface area (Å²) in [6.45, 7) is 12.7. The fourth-order valence-corrected chi connectivity index (χ4v) is 2.19. The molecule has 0 spiro atoms. The molecule has 0 N–H and O–H groups in total. The van der Waals surface area contributed by atoms with Crippen molar-refractivity contribution < 1.29 is 4.79 Å². The van der Waals surface area contributed by atoms with Gasteiger partial charge in [-0.05, 0) is 41.9 Å². The first-order valence-electron chi connectivity index (χ1n) is 7.75. The second kappa shape index (κ2) is 7.42. The van der Waals surface area contributed by atoms with E-state index in [1.807, 2.05) is 18.2 Å². The SMILES string of the molecule is C=C(CCCCC)C(=O)c1cccc(C(C)(C)CC)c1. The summed E-state index contributed by atoms with van der Waals surface area (Å²) in [6, 6.07) is 8.04. The third kappa shape index (κ3) is 4.33. The molecule has 0 aliphatic heterocycles. The number of benzene rings is 1. The summed E-state index contributed by atoms with van der Waals surface area (Å²) in [7, 11) is 0. The van der Waals surface area contributed by atoms with Crippen LogP contribution in [0.2, 0.25) is 0 Å². The number of unbranched alkanes of at least 4 members (excludes halogenated alkanes) is 2. The van der Waals surface area contributed by atoms with Gasteiger partial charge in [0.1, 0.15) is 0 Å². The summed E-state index contributed by atoms with van der Waals surface area (Å²) in [5.41, 5.74) is 2.86. The fourth-order valence-electron chi connectivity index (χ4n) is 2.19. The van der Waals surface area contributed by atoms with Gasteiger partial charge in [0.05, 0.1) is 0 Å². The van der Waals surface area contributed by atoms with E-state index in [4.69, 9.17) is 0 Å². The number of carbonyl (C=O) groups is 1. The van der Waals surface area contributed by atoms with Crippen LogP contribution in [-0.2, 0) is 5.41 Å². The summed E-state index contributed by atoms with van der Waals surface area (Å²) in [6.07, 6.45) is 5.26. The Hall–Kier alpha value is -1.37. The normalized spacial score (nSPS) is 11.4. The van der Waals surface area contributed by atoms with Gasteiger partial charge in [0.15, 0.2) is 5.78 Å². The second-order valence-electron chi connectivity index (χ2n) is 6.21. The van der Waals surface area contributed by atoms with E-state index in [2.05, 4.69) is 40.3 Å². The Balaban J connectivity index is 2.84. The zero-order valence-electron chi connectivity index (χ0n) is 13.5. The molecule has 0 amide bonds. The van der Waals surface area contributed by atoms with Crippen molar-refractivity contribution in [3.05, 3.63) is 47.5 Å². The van der Waals surface area contributed by atoms with Crippen LogP contribution in [0, 0.1) is 0 Å². The highest BCUT2D eigenvalue weighted by molar-refractivity contribution is 6.08. The number of hydrogen-bond acceptors (Lipinski definition) is 1. The molecule has 0 fully saturated rings. The quantitative estimate of drug-likeness (QED) is 0.337. The summed E-state index contributed by atoms with van der Waals surface area (Å²) in [4.78, 5) is 12.4. The van der Waals surface area contributed by atoms with Gasteiger partial charge in [-0.15, -0.1) is 0 Å². The highest BCUT2D eigenvalue weighted by atomic mass is 16.1. The number of ketones is 1. The summed E-state index contributed by atoms with van der Waals surface area (Å²) in [5, 5.41) is 0. The van der Waals surface area contributed by atoms with Crippen LogP contribution < -0.4 is 0 Å². The molecule has 1 nitrogen and oxygen atoms in total. The van der Waals surface area contributed by atoms with Crippen molar-refractivity contribution in [3.8, 4) is 0 Å². The molecule has 20 heavy (non-hydrogen) atoms. The van der Waals surface area contributed by atoms with Crippen LogP contribution in [0.25, 0.3) is 0 Å². The molecule has 1 aromatic carbocycles. The highest BCUT2D eigenvalue weighted by Crippen LogP contribution is 2.27. The van der Waals surface area contributed by atoms with Gasteiger partial charge in [-0.3, -0.25) is 4.79 Å². The van der Waals surface area contributed by atoms with E-state index in [0.29, 0.717) is 0 Å². The lowest BCUT2D eigenvalue weighted by Crippen LogP contribution is -2.16. The number of Topliss-reactive ketones (excluding diaryl/α,β-unsaturated/α-hetero) is 1. The number of hydrogen-bond donors (Lipinski definition) is 0. The van der Waals surface area contributed by atoms with E-state index in [1.54, 1.807) is 0 Å². The first-order valence-corrected chi connectivity index (χ1v) is 7.75. The van der Waals surface area contributed by atoms with Crippen molar-refractivity contribution in [2.75, 3.05) is 0 Å². The predicted molar refractivity (Wildman–Crippen MR) is 87.4 cm³/mol. The molecule has 0 aliphatic carbocycles. The van der Waals surface area contributed by atoms with Crippen molar-refractivity contribution >= 4 is 5.78 Å². The molecule has 0 aromatic heterocycles. The van der Waals surface area contributed by atoms with Crippen LogP contribution in [0.15, 0.2) is 36.4 Å². The van der Waals surface area contributed by atoms with Gasteiger partial charge < -0.3 is 0 Å². The standard InChI is InChI=1S/C19H28O/c1-6-8-9-11-15(3)18(20)16-12-10-13-17(14-16)19(4,5)7-2/h10,12-14H,3,6-9,11H2,1-2,4-5H3. The first-order chi connectivity index (χ1) is 9.42. The Kier molecular flexibility index (Phi) is 6.19. The average Bonchev–Trinajstić information content (AvgIpc) is 2.46. The summed E-state index contributed by atoms with van der Waals surface area (Å²) in [5.74, 6) is 0.106. The molecule has 0 saturated heterocycles. The molecule has 0 saturated carbocycles. The maximum atomic E-state index is 12.4. The Labute approximate surface area is 124 Å². The van der Waals surface area contributed by atoms with Crippen molar-refractivity contribution in [2.45, 2.75) is 65.2 Å². The lowest BCUT2D eigenvalue weighted by Gasteiger charge is -2.23. The molecule has 0 radical (unpaired) electrons. The Morgan fingerprint density at radius 3 is 2.50 bits per heavy atom. The number of rotatable bonds is 8. The van der Waals surface area contributed by atoms with Gasteiger partial charge in [-0.25, -0.2) is 0 Å². The van der Waals surface area contributed by atoms with E-state index in [9.17, 15) is 4.79 Å². The number of carbonyl (C=O) groups excluding carboxylic acids is 1. The maximum absolute atomic E-state index is 12.4. The lowest BCUT2D eigenvalue weighted by atomic mass is 9.81. The second-order valence-corrected chi connectivity index (χ2v) is 6.21. The van der Waals surface area contributed by atoms with Crippen molar-refractivity contribution in [3.63, 3.8) is 0 Å². The Bertz CT molecular complexity index is 468. The summed E-state index contributed by atoms with van der Waals surface area (Å²) >= 11 is 0. The Morgan fingerprint density at radius 1 is 1.20 bits per heavy atom. The minimum atomic E-state index is 0.106. The summed E-state index contributed by atoms with van der Waals surface area (Å²) < 4.78 is 0. The Morgan fingerprint density at radius 2 is 1.90 bits per heavy atom. The third-order valence-electron chi connectivity index (χ3n) is 4.19. The fraction of sp³-hybridized carbons (Fsp3) is 0.526. The van der Waals surface area contributed by atoms with E-state index in [0.717, 1.165) is 36.8 Å². The largest absolute Gasteiger partial charge is 0.289 e. The van der Waals surface area contributed by atoms with Crippen molar-refractivity contribution in [1.82, 2.24) is 0 Å². The van der Waals surface area contributed by atoms with Crippen LogP contribution >= 0.6 is 0 Å². The van der Waals surface area contributed by atoms with Crippen LogP contribution in [0.3, 0.4) is 0 Å². The molecule has 0 unspecified atom stereocenters. The van der Waals surface area contributed by atoms with Crippen LogP contribution in [0.1, 0.15) is 75.7 Å². The van der Waals surface area contributed by atoms with Gasteiger partial charge in [0.2, 0.25) is 0 Å². The third-order valence-corrected chi connectivity index (χ3v) is 4.19. The molecule has 1 heteroatoms. The predicted octanol–water partition coefficient (Wildman–Crippen LogP) is 5.69. The van der Waals surface area contributed by atoms with E-state index in [1.165, 1.54) is 12.0 Å². The van der Waals surface area contributed by atoms with E-state index >= 15 is 0 Å². The highest BCUT2D eigenvalue weighted by Gasteiger charge is 2.19. The molecule has 0 atom stereocenters. The molecule has 1 rings (SSSR count). The minimum Gasteiger partial charge on any atom is -0.289 e. The van der Waals surface area contributed by atoms with Gasteiger partial charge in [0.25, 0.3) is 0 Å². The zero-order valence-corrected chi connectivity index (χ0v) is 13.5. The van der Waals surface area contributed by atoms with Gasteiger partial charge in [-0.2, -0.15) is 0 Å². The van der Waals surface area contributed by atoms with Crippen molar-refractivity contribution in [1.29, 1.82) is 0 Å². The van der Waals surface area contributed by atoms with Crippen LogP contribution in [0.5, 0.6) is 0 Å². The van der Waals surface area contributed by atoms with E-state index in [-0.39, 0.29) is 11.2 Å². The first kappa shape index (κ1) is 16.7. The zero-order chi connectivity index (χ0) is 15.2. The monoisotopic (exact) mass is 272 g/mol. The molecule has 110 valence electrons. The van der Waals surface area contributed by atoms with Gasteiger partial charge >= 0.3 is 0 Å². The van der Waals surface area contributed by atoms with Crippen molar-refractivity contribution in [2.24, 2.45) is 0 Å². The van der Waals surface area contributed by atoms with Crippen LogP contribution in [0.4, 0.5) is 0 Å². The molecule has 0 bridgehead atoms. The lowest BCUT2D eigenvalue weighted by molar-refractivity contribution is 0.103. The van der Waals surface area contributed by atoms with E-state index < -0.39 is 0 Å². The maximum Gasteiger partial charge on any atom is 0.188 e. The molecule has 0 aliphatic rings. The topological polar surface area (TPSA) is 17.1 Å². The molecule has 0 heterocycles. The average molecular weight is 272 g/mol. The molecular weight excluding hydrogens is 244 g/mol. The van der Waals surface area contributed by atoms with Gasteiger partial charge in [0, 0.05) is 5.56 Å². The van der Waals surface area contributed by atoms with Crippen LogP contribution in [-0.4, -0.2) is 5.78 Å². The molecule has 1 aromatic rings. The minimum absolute atomic E-state index is 0.106. The molecular formula is C19H28O. The smallest absolute Gasteiger partial charge is 0.188 e. The van der Waals surface area contributed by atoms with Gasteiger partial charge in [-0.1, -0.05) is 65.3 Å². The number of allylic oxidation sites excluding steroid dienone is 1.